The molecule has 1 aliphatic heterocycles. The summed E-state index contributed by atoms with van der Waals surface area (Å²) in [6.45, 7) is 9.99. The summed E-state index contributed by atoms with van der Waals surface area (Å²) in [5, 5.41) is 6.87. The van der Waals surface area contributed by atoms with Crippen LogP contribution in [0.25, 0.3) is 0 Å². The first-order valence-corrected chi connectivity index (χ1v) is 9.50. The van der Waals surface area contributed by atoms with Crippen LogP contribution in [0.15, 0.2) is 28.8 Å². The van der Waals surface area contributed by atoms with Crippen molar-refractivity contribution in [3.05, 3.63) is 52.4 Å². The smallest absolute Gasteiger partial charge is 0.224 e. The fourth-order valence-electron chi connectivity index (χ4n) is 3.42. The molecule has 1 saturated heterocycles. The van der Waals surface area contributed by atoms with Crippen LogP contribution in [0.5, 0.6) is 0 Å². The van der Waals surface area contributed by atoms with Gasteiger partial charge in [-0.15, -0.1) is 0 Å². The fourth-order valence-corrected chi connectivity index (χ4v) is 3.42. The van der Waals surface area contributed by atoms with Gasteiger partial charge in [0.25, 0.3) is 0 Å². The average Bonchev–Trinajstić information content (AvgIpc) is 2.95. The molecule has 2 aromatic rings. The van der Waals surface area contributed by atoms with Crippen LogP contribution in [0.1, 0.15) is 47.9 Å². The highest BCUT2D eigenvalue weighted by molar-refractivity contribution is 5.78. The number of carbonyl (C=O) groups excluding carboxylic acids is 1. The number of hydrogen-bond donors (Lipinski definition) is 1. The summed E-state index contributed by atoms with van der Waals surface area (Å²) in [5.74, 6) is 1.57. The molecule has 0 unspecified atom stereocenters. The number of carbonyl (C=O) groups is 1. The maximum Gasteiger partial charge on any atom is 0.224 e. The number of rotatable bonds is 6. The van der Waals surface area contributed by atoms with Gasteiger partial charge in [-0.2, -0.15) is 0 Å². The molecule has 2 heterocycles. The minimum atomic E-state index is -0.00841. The van der Waals surface area contributed by atoms with Crippen molar-refractivity contribution in [3.63, 3.8) is 0 Å². The van der Waals surface area contributed by atoms with Crippen LogP contribution in [0.2, 0.25) is 0 Å². The Hall–Kier alpha value is -2.14. The lowest BCUT2D eigenvalue weighted by atomic mass is 9.99. The largest absolute Gasteiger partial charge is 0.361 e. The van der Waals surface area contributed by atoms with Crippen LogP contribution >= 0.6 is 0 Å². The van der Waals surface area contributed by atoms with Crippen LogP contribution in [0.3, 0.4) is 0 Å². The third-order valence-corrected chi connectivity index (χ3v) is 5.31. The van der Waals surface area contributed by atoms with Gasteiger partial charge in [0.1, 0.15) is 5.76 Å². The number of aromatic nitrogens is 1. The highest BCUT2D eigenvalue weighted by Gasteiger charge is 2.16. The van der Waals surface area contributed by atoms with Crippen molar-refractivity contribution >= 4 is 5.91 Å². The molecule has 1 fully saturated rings. The molecule has 5 heteroatoms. The zero-order chi connectivity index (χ0) is 18.5. The lowest BCUT2D eigenvalue weighted by molar-refractivity contribution is -0.120. The molecule has 1 aliphatic rings. The molecule has 26 heavy (non-hydrogen) atoms. The van der Waals surface area contributed by atoms with Gasteiger partial charge in [0.15, 0.2) is 0 Å². The molecule has 140 valence electrons. The third kappa shape index (κ3) is 4.94. The summed E-state index contributed by atoms with van der Waals surface area (Å²) in [6, 6.07) is 8.57. The minimum Gasteiger partial charge on any atom is -0.361 e. The highest BCUT2D eigenvalue weighted by atomic mass is 16.5. The molecule has 0 saturated carbocycles. The molecule has 1 N–H and O–H groups in total. The van der Waals surface area contributed by atoms with E-state index in [0.717, 1.165) is 29.3 Å². The van der Waals surface area contributed by atoms with E-state index in [1.54, 1.807) is 0 Å². The predicted octanol–water partition coefficient (Wildman–Crippen LogP) is 3.38. The minimum absolute atomic E-state index is 0.00841. The lowest BCUT2D eigenvalue weighted by Crippen LogP contribution is -2.32. The quantitative estimate of drug-likeness (QED) is 0.863. The van der Waals surface area contributed by atoms with E-state index in [2.05, 4.69) is 46.6 Å². The van der Waals surface area contributed by atoms with Crippen LogP contribution in [-0.2, 0) is 24.3 Å². The van der Waals surface area contributed by atoms with Gasteiger partial charge in [-0.3, -0.25) is 9.69 Å². The summed E-state index contributed by atoms with van der Waals surface area (Å²) in [7, 11) is 0. The van der Waals surface area contributed by atoms with Gasteiger partial charge in [-0.05, 0) is 56.8 Å². The number of nitrogens with zero attached hydrogens (tertiary/aromatic N) is 2. The van der Waals surface area contributed by atoms with E-state index < -0.39 is 0 Å². The van der Waals surface area contributed by atoms with Gasteiger partial charge in [-0.25, -0.2) is 0 Å². The first kappa shape index (κ1) is 18.6. The van der Waals surface area contributed by atoms with E-state index in [1.807, 2.05) is 13.8 Å². The molecule has 0 radical (unpaired) electrons. The second-order valence-corrected chi connectivity index (χ2v) is 7.53. The number of benzene rings is 1. The molecule has 1 aromatic heterocycles. The van der Waals surface area contributed by atoms with Gasteiger partial charge >= 0.3 is 0 Å². The maximum absolute atomic E-state index is 12.2. The van der Waals surface area contributed by atoms with E-state index >= 15 is 0 Å². The van der Waals surface area contributed by atoms with E-state index in [4.69, 9.17) is 4.52 Å². The Bertz CT molecular complexity index is 709. The Labute approximate surface area is 155 Å². The number of likely N-dealkylation sites (tertiary alicyclic amines) is 1. The van der Waals surface area contributed by atoms with E-state index in [1.165, 1.54) is 31.5 Å². The number of hydrogen-bond acceptors (Lipinski definition) is 4. The van der Waals surface area contributed by atoms with Gasteiger partial charge in [0.05, 0.1) is 12.1 Å². The lowest BCUT2D eigenvalue weighted by Gasteiger charge is -2.30. The second-order valence-electron chi connectivity index (χ2n) is 7.53. The number of nitrogens with one attached hydrogen (secondary N) is 1. The molecule has 1 amide bonds. The number of aryl methyl sites for hydroxylation is 2. The molecule has 0 aliphatic carbocycles. The van der Waals surface area contributed by atoms with Crippen molar-refractivity contribution in [2.45, 2.75) is 53.1 Å². The normalized spacial score (nSPS) is 16.0. The summed E-state index contributed by atoms with van der Waals surface area (Å²) in [4.78, 5) is 14.7. The molecule has 3 rings (SSSR count). The third-order valence-electron chi connectivity index (χ3n) is 5.31. The van der Waals surface area contributed by atoms with E-state index in [-0.39, 0.29) is 5.91 Å². The first-order chi connectivity index (χ1) is 12.5. The maximum atomic E-state index is 12.2. The zero-order valence-corrected chi connectivity index (χ0v) is 16.0. The Morgan fingerprint density at radius 2 is 1.85 bits per heavy atom. The summed E-state index contributed by atoms with van der Waals surface area (Å²) in [6.07, 6.45) is 2.91. The van der Waals surface area contributed by atoms with Crippen molar-refractivity contribution in [1.82, 2.24) is 15.4 Å². The molecular weight excluding hydrogens is 326 g/mol. The highest BCUT2D eigenvalue weighted by Crippen LogP contribution is 2.18. The Morgan fingerprint density at radius 3 is 2.46 bits per heavy atom. The fraction of sp³-hybridized carbons (Fsp3) is 0.524. The van der Waals surface area contributed by atoms with Crippen LogP contribution in [0.4, 0.5) is 0 Å². The predicted molar refractivity (Wildman–Crippen MR) is 102 cm³/mol. The van der Waals surface area contributed by atoms with Gasteiger partial charge < -0.3 is 9.84 Å². The van der Waals surface area contributed by atoms with Crippen molar-refractivity contribution < 1.29 is 9.32 Å². The van der Waals surface area contributed by atoms with E-state index in [9.17, 15) is 4.79 Å². The van der Waals surface area contributed by atoms with Gasteiger partial charge in [-0.1, -0.05) is 36.3 Å². The van der Waals surface area contributed by atoms with Crippen molar-refractivity contribution in [2.75, 3.05) is 13.1 Å². The topological polar surface area (TPSA) is 58.4 Å². The molecule has 1 aromatic carbocycles. The monoisotopic (exact) mass is 355 g/mol. The van der Waals surface area contributed by atoms with E-state index in [0.29, 0.717) is 18.7 Å². The Morgan fingerprint density at radius 1 is 1.19 bits per heavy atom. The Kier molecular flexibility index (Phi) is 6.09. The molecular formula is C21H29N3O2. The number of amides is 1. The summed E-state index contributed by atoms with van der Waals surface area (Å²) < 4.78 is 5.11. The summed E-state index contributed by atoms with van der Waals surface area (Å²) >= 11 is 0. The van der Waals surface area contributed by atoms with Gasteiger partial charge in [0.2, 0.25) is 5.91 Å². The first-order valence-electron chi connectivity index (χ1n) is 9.50. The SMILES string of the molecule is Cc1noc(C)c1CC(=O)NCc1ccc(CN2CCC(C)CC2)cc1. The van der Waals surface area contributed by atoms with Crippen LogP contribution in [-0.4, -0.2) is 29.1 Å². The molecule has 0 spiro atoms. The van der Waals surface area contributed by atoms with Crippen molar-refractivity contribution in [3.8, 4) is 0 Å². The standard InChI is InChI=1S/C21H29N3O2/c1-15-8-10-24(11-9-15)14-19-6-4-18(5-7-19)13-22-21(25)12-20-16(2)23-26-17(20)3/h4-7,15H,8-14H2,1-3H3,(H,22,25). The van der Waals surface area contributed by atoms with Crippen molar-refractivity contribution in [2.24, 2.45) is 5.92 Å². The average molecular weight is 355 g/mol. The van der Waals surface area contributed by atoms with Crippen LogP contribution < -0.4 is 5.32 Å². The zero-order valence-electron chi connectivity index (χ0n) is 16.0. The molecule has 0 atom stereocenters. The Balaban J connectivity index is 1.46. The van der Waals surface area contributed by atoms with Crippen LogP contribution in [0, 0.1) is 19.8 Å². The van der Waals surface area contributed by atoms with Gasteiger partial charge in [0, 0.05) is 18.7 Å². The second kappa shape index (κ2) is 8.49. The number of piperidine rings is 1. The molecule has 0 bridgehead atoms. The van der Waals surface area contributed by atoms with Crippen molar-refractivity contribution in [1.29, 1.82) is 0 Å². The summed E-state index contributed by atoms with van der Waals surface area (Å²) in [5.41, 5.74) is 4.13. The molecule has 5 nitrogen and oxygen atoms in total.